The van der Waals surface area contributed by atoms with Crippen LogP contribution in [0.5, 0.6) is 0 Å². The van der Waals surface area contributed by atoms with Crippen molar-refractivity contribution in [3.63, 3.8) is 0 Å². The van der Waals surface area contributed by atoms with E-state index >= 15 is 0 Å². The van der Waals surface area contributed by atoms with E-state index in [0.717, 1.165) is 71.5 Å². The fourth-order valence-electron chi connectivity index (χ4n) is 2.98. The van der Waals surface area contributed by atoms with Gasteiger partial charge in [0.25, 0.3) is 0 Å². The summed E-state index contributed by atoms with van der Waals surface area (Å²) in [6.45, 7) is 5.32. The number of hydrogen-bond acceptors (Lipinski definition) is 4. The van der Waals surface area contributed by atoms with Gasteiger partial charge in [0.2, 0.25) is 5.91 Å². The molecule has 1 amide bonds. The van der Waals surface area contributed by atoms with Crippen molar-refractivity contribution in [2.75, 3.05) is 39.4 Å². The summed E-state index contributed by atoms with van der Waals surface area (Å²) in [6.07, 6.45) is 5.45. The SMILES string of the molecule is O=C(CC1CCCOC1)NCCCN1CCC(O)CC1. The number of rotatable bonds is 6. The standard InChI is InChI=1S/C15H28N2O3/c18-14-4-8-17(9-5-14)7-2-6-16-15(19)11-13-3-1-10-20-12-13/h13-14,18H,1-12H2,(H,16,19). The lowest BCUT2D eigenvalue weighted by atomic mass is 9.98. The first-order valence-corrected chi connectivity index (χ1v) is 7.99. The Hall–Kier alpha value is -0.650. The van der Waals surface area contributed by atoms with Crippen molar-refractivity contribution in [1.82, 2.24) is 10.2 Å². The number of amides is 1. The molecular weight excluding hydrogens is 256 g/mol. The molecular formula is C15H28N2O3. The lowest BCUT2D eigenvalue weighted by Crippen LogP contribution is -2.37. The van der Waals surface area contributed by atoms with Gasteiger partial charge in [-0.25, -0.2) is 0 Å². The van der Waals surface area contributed by atoms with Crippen LogP contribution >= 0.6 is 0 Å². The van der Waals surface area contributed by atoms with E-state index in [-0.39, 0.29) is 12.0 Å². The molecule has 2 saturated heterocycles. The molecule has 2 aliphatic heterocycles. The summed E-state index contributed by atoms with van der Waals surface area (Å²) in [5.41, 5.74) is 0. The minimum atomic E-state index is -0.108. The van der Waals surface area contributed by atoms with Gasteiger partial charge in [0.1, 0.15) is 0 Å². The van der Waals surface area contributed by atoms with Crippen LogP contribution in [0.15, 0.2) is 0 Å². The molecule has 116 valence electrons. The minimum absolute atomic E-state index is 0.108. The van der Waals surface area contributed by atoms with Gasteiger partial charge in [-0.05, 0) is 44.6 Å². The first-order chi connectivity index (χ1) is 9.74. The number of nitrogens with one attached hydrogen (secondary N) is 1. The van der Waals surface area contributed by atoms with Gasteiger partial charge in [-0.3, -0.25) is 4.79 Å². The molecule has 1 atom stereocenters. The summed E-state index contributed by atoms with van der Waals surface area (Å²) in [5.74, 6) is 0.571. The Kier molecular flexibility index (Phi) is 6.76. The van der Waals surface area contributed by atoms with Crippen molar-refractivity contribution in [2.45, 2.75) is 44.6 Å². The summed E-state index contributed by atoms with van der Waals surface area (Å²) in [4.78, 5) is 14.2. The van der Waals surface area contributed by atoms with Gasteiger partial charge in [-0.15, -0.1) is 0 Å². The second-order valence-electron chi connectivity index (χ2n) is 6.06. The second kappa shape index (κ2) is 8.60. The van der Waals surface area contributed by atoms with E-state index < -0.39 is 0 Å². The van der Waals surface area contributed by atoms with E-state index in [0.29, 0.717) is 12.3 Å². The number of piperidine rings is 1. The summed E-state index contributed by atoms with van der Waals surface area (Å²) in [7, 11) is 0. The molecule has 2 fully saturated rings. The lowest BCUT2D eigenvalue weighted by molar-refractivity contribution is -0.123. The molecule has 2 rings (SSSR count). The first-order valence-electron chi connectivity index (χ1n) is 7.99. The first kappa shape index (κ1) is 15.7. The Morgan fingerprint density at radius 2 is 2.10 bits per heavy atom. The average molecular weight is 284 g/mol. The van der Waals surface area contributed by atoms with Crippen LogP contribution in [-0.2, 0) is 9.53 Å². The van der Waals surface area contributed by atoms with Gasteiger partial charge < -0.3 is 20.1 Å². The highest BCUT2D eigenvalue weighted by molar-refractivity contribution is 5.76. The molecule has 20 heavy (non-hydrogen) atoms. The van der Waals surface area contributed by atoms with Crippen molar-refractivity contribution in [1.29, 1.82) is 0 Å². The zero-order chi connectivity index (χ0) is 14.2. The maximum Gasteiger partial charge on any atom is 0.220 e. The fraction of sp³-hybridized carbons (Fsp3) is 0.933. The van der Waals surface area contributed by atoms with E-state index in [4.69, 9.17) is 4.74 Å². The van der Waals surface area contributed by atoms with Crippen LogP contribution in [0.3, 0.4) is 0 Å². The number of ether oxygens (including phenoxy) is 1. The quantitative estimate of drug-likeness (QED) is 0.707. The molecule has 2 heterocycles. The molecule has 0 radical (unpaired) electrons. The smallest absolute Gasteiger partial charge is 0.220 e. The van der Waals surface area contributed by atoms with Gasteiger partial charge in [-0.2, -0.15) is 0 Å². The Balaban J connectivity index is 1.48. The topological polar surface area (TPSA) is 61.8 Å². The highest BCUT2D eigenvalue weighted by Gasteiger charge is 2.18. The molecule has 0 spiro atoms. The second-order valence-corrected chi connectivity index (χ2v) is 6.06. The van der Waals surface area contributed by atoms with Crippen molar-refractivity contribution in [3.8, 4) is 0 Å². The van der Waals surface area contributed by atoms with Crippen LogP contribution in [0.2, 0.25) is 0 Å². The van der Waals surface area contributed by atoms with Crippen molar-refractivity contribution in [3.05, 3.63) is 0 Å². The maximum atomic E-state index is 11.8. The van der Waals surface area contributed by atoms with Crippen LogP contribution in [0, 0.1) is 5.92 Å². The fourth-order valence-corrected chi connectivity index (χ4v) is 2.98. The van der Waals surface area contributed by atoms with E-state index in [1.807, 2.05) is 0 Å². The number of aliphatic hydroxyl groups excluding tert-OH is 1. The Bertz CT molecular complexity index is 285. The Labute approximate surface area is 121 Å². The third-order valence-corrected chi connectivity index (χ3v) is 4.26. The number of likely N-dealkylation sites (tertiary alicyclic amines) is 1. The van der Waals surface area contributed by atoms with Crippen LogP contribution < -0.4 is 5.32 Å². The van der Waals surface area contributed by atoms with Gasteiger partial charge in [-0.1, -0.05) is 0 Å². The molecule has 5 heteroatoms. The van der Waals surface area contributed by atoms with Crippen LogP contribution in [-0.4, -0.2) is 61.4 Å². The van der Waals surface area contributed by atoms with Crippen LogP contribution in [0.1, 0.15) is 38.5 Å². The average Bonchev–Trinajstić information content (AvgIpc) is 2.46. The number of carbonyl (C=O) groups is 1. The van der Waals surface area contributed by atoms with Gasteiger partial charge in [0, 0.05) is 39.3 Å². The monoisotopic (exact) mass is 284 g/mol. The molecule has 0 aliphatic carbocycles. The van der Waals surface area contributed by atoms with Gasteiger partial charge >= 0.3 is 0 Å². The van der Waals surface area contributed by atoms with Gasteiger partial charge in [0.15, 0.2) is 0 Å². The maximum absolute atomic E-state index is 11.8. The molecule has 0 saturated carbocycles. The molecule has 2 aliphatic rings. The largest absolute Gasteiger partial charge is 0.393 e. The number of nitrogens with zero attached hydrogens (tertiary/aromatic N) is 1. The zero-order valence-corrected chi connectivity index (χ0v) is 12.4. The van der Waals surface area contributed by atoms with E-state index in [1.54, 1.807) is 0 Å². The lowest BCUT2D eigenvalue weighted by Gasteiger charge is -2.29. The highest BCUT2D eigenvalue weighted by Crippen LogP contribution is 2.16. The van der Waals surface area contributed by atoms with Crippen molar-refractivity contribution in [2.24, 2.45) is 5.92 Å². The number of hydrogen-bond donors (Lipinski definition) is 2. The molecule has 0 aromatic carbocycles. The molecule has 0 bridgehead atoms. The summed E-state index contributed by atoms with van der Waals surface area (Å²) < 4.78 is 5.39. The Morgan fingerprint density at radius 1 is 1.30 bits per heavy atom. The van der Waals surface area contributed by atoms with Crippen LogP contribution in [0.4, 0.5) is 0 Å². The Morgan fingerprint density at radius 3 is 2.80 bits per heavy atom. The molecule has 5 nitrogen and oxygen atoms in total. The molecule has 0 aromatic heterocycles. The molecule has 1 unspecified atom stereocenters. The predicted molar refractivity (Wildman–Crippen MR) is 77.5 cm³/mol. The number of carbonyl (C=O) groups excluding carboxylic acids is 1. The minimum Gasteiger partial charge on any atom is -0.393 e. The highest BCUT2D eigenvalue weighted by atomic mass is 16.5. The summed E-state index contributed by atoms with van der Waals surface area (Å²) >= 11 is 0. The van der Waals surface area contributed by atoms with Crippen LogP contribution in [0.25, 0.3) is 0 Å². The van der Waals surface area contributed by atoms with E-state index in [1.165, 1.54) is 0 Å². The third-order valence-electron chi connectivity index (χ3n) is 4.26. The normalized spacial score (nSPS) is 25.6. The van der Waals surface area contributed by atoms with E-state index in [2.05, 4.69) is 10.2 Å². The predicted octanol–water partition coefficient (Wildman–Crippen LogP) is 0.766. The zero-order valence-electron chi connectivity index (χ0n) is 12.4. The summed E-state index contributed by atoms with van der Waals surface area (Å²) in [5, 5.41) is 12.4. The van der Waals surface area contributed by atoms with Crippen molar-refractivity contribution < 1.29 is 14.6 Å². The summed E-state index contributed by atoms with van der Waals surface area (Å²) in [6, 6.07) is 0. The van der Waals surface area contributed by atoms with Crippen molar-refractivity contribution >= 4 is 5.91 Å². The van der Waals surface area contributed by atoms with Gasteiger partial charge in [0.05, 0.1) is 6.10 Å². The van der Waals surface area contributed by atoms with E-state index in [9.17, 15) is 9.90 Å². The molecule has 2 N–H and O–H groups in total. The molecule has 0 aromatic rings. The third kappa shape index (κ3) is 5.77. The number of aliphatic hydroxyl groups is 1.